The molecule has 2 aromatic heterocycles. The fourth-order valence-electron chi connectivity index (χ4n) is 4.37. The highest BCUT2D eigenvalue weighted by atomic mass is 16.5. The number of hydrogen-bond donors (Lipinski definition) is 1. The number of amides is 1. The van der Waals surface area contributed by atoms with Crippen molar-refractivity contribution in [1.29, 1.82) is 0 Å². The van der Waals surface area contributed by atoms with E-state index in [0.717, 1.165) is 55.0 Å². The summed E-state index contributed by atoms with van der Waals surface area (Å²) in [4.78, 5) is 18.3. The zero-order valence-electron chi connectivity index (χ0n) is 18.5. The third kappa shape index (κ3) is 5.27. The Balaban J connectivity index is 1.48. The highest BCUT2D eigenvalue weighted by Crippen LogP contribution is 2.31. The summed E-state index contributed by atoms with van der Waals surface area (Å²) >= 11 is 0. The lowest BCUT2D eigenvalue weighted by atomic mass is 9.93. The van der Waals surface area contributed by atoms with Gasteiger partial charge >= 0.3 is 0 Å². The summed E-state index contributed by atoms with van der Waals surface area (Å²) in [6, 6.07) is 12.2. The summed E-state index contributed by atoms with van der Waals surface area (Å²) in [6.45, 7) is 5.82. The SMILES string of the molecule is C#CCOc1cccc(CN2CCC[C@H](c3nn(CCNC(C)=O)c4ncccc34)C2)c1. The number of nitrogens with zero attached hydrogens (tertiary/aromatic N) is 4. The van der Waals surface area contributed by atoms with E-state index in [9.17, 15) is 4.79 Å². The van der Waals surface area contributed by atoms with Crippen LogP contribution in [0.2, 0.25) is 0 Å². The van der Waals surface area contributed by atoms with Gasteiger partial charge in [0.1, 0.15) is 12.4 Å². The van der Waals surface area contributed by atoms with Crippen LogP contribution in [0, 0.1) is 12.3 Å². The van der Waals surface area contributed by atoms with E-state index in [-0.39, 0.29) is 12.5 Å². The van der Waals surface area contributed by atoms with Gasteiger partial charge in [-0.25, -0.2) is 9.67 Å². The van der Waals surface area contributed by atoms with Crippen LogP contribution >= 0.6 is 0 Å². The van der Waals surface area contributed by atoms with E-state index in [4.69, 9.17) is 16.3 Å². The molecule has 0 bridgehead atoms. The Hall–Kier alpha value is -3.37. The van der Waals surface area contributed by atoms with Crippen LogP contribution in [0.5, 0.6) is 5.75 Å². The molecule has 0 aliphatic carbocycles. The van der Waals surface area contributed by atoms with Crippen molar-refractivity contribution in [1.82, 2.24) is 25.0 Å². The first-order valence-electron chi connectivity index (χ1n) is 11.1. The molecular weight excluding hydrogens is 402 g/mol. The molecule has 7 heteroatoms. The first kappa shape index (κ1) is 21.8. The van der Waals surface area contributed by atoms with Crippen molar-refractivity contribution < 1.29 is 9.53 Å². The normalized spacial score (nSPS) is 16.6. The molecule has 3 heterocycles. The summed E-state index contributed by atoms with van der Waals surface area (Å²) in [5, 5.41) is 8.88. The molecule has 0 spiro atoms. The number of pyridine rings is 1. The molecule has 166 valence electrons. The molecule has 1 fully saturated rings. The summed E-state index contributed by atoms with van der Waals surface area (Å²) in [5.74, 6) is 3.63. The monoisotopic (exact) mass is 431 g/mol. The molecule has 0 saturated carbocycles. The molecule has 1 aromatic carbocycles. The van der Waals surface area contributed by atoms with E-state index in [1.807, 2.05) is 22.9 Å². The van der Waals surface area contributed by atoms with Gasteiger partial charge in [0.2, 0.25) is 5.91 Å². The Labute approximate surface area is 188 Å². The Morgan fingerprint density at radius 3 is 3.09 bits per heavy atom. The largest absolute Gasteiger partial charge is 0.481 e. The first-order valence-corrected chi connectivity index (χ1v) is 11.1. The summed E-state index contributed by atoms with van der Waals surface area (Å²) in [6.07, 6.45) is 9.33. The standard InChI is InChI=1S/C25H29N5O2/c1-3-15-32-22-9-4-7-20(16-22)17-29-13-6-8-21(18-29)24-23-10-5-11-27-25(23)30(28-24)14-12-26-19(2)31/h1,4-5,7,9-11,16,21H,6,8,12-15,17-18H2,2H3,(H,26,31)/t21-/m0/s1. The van der Waals surface area contributed by atoms with Crippen LogP contribution in [-0.4, -0.2) is 51.8 Å². The lowest BCUT2D eigenvalue weighted by molar-refractivity contribution is -0.118. The molecule has 32 heavy (non-hydrogen) atoms. The molecule has 1 N–H and O–H groups in total. The number of likely N-dealkylation sites (tertiary alicyclic amines) is 1. The number of nitrogens with one attached hydrogen (secondary N) is 1. The number of aromatic nitrogens is 3. The van der Waals surface area contributed by atoms with E-state index in [0.29, 0.717) is 19.0 Å². The summed E-state index contributed by atoms with van der Waals surface area (Å²) in [7, 11) is 0. The number of rotatable bonds is 8. The predicted molar refractivity (Wildman–Crippen MR) is 124 cm³/mol. The summed E-state index contributed by atoms with van der Waals surface area (Å²) in [5.41, 5.74) is 3.20. The van der Waals surface area contributed by atoms with Gasteiger partial charge in [-0.05, 0) is 49.2 Å². The second-order valence-electron chi connectivity index (χ2n) is 8.18. The third-order valence-electron chi connectivity index (χ3n) is 5.75. The fourth-order valence-corrected chi connectivity index (χ4v) is 4.37. The number of piperidine rings is 1. The Bertz CT molecular complexity index is 1120. The van der Waals surface area contributed by atoms with Gasteiger partial charge in [-0.2, -0.15) is 5.10 Å². The Morgan fingerprint density at radius 1 is 1.34 bits per heavy atom. The van der Waals surface area contributed by atoms with E-state index in [2.05, 4.69) is 39.3 Å². The van der Waals surface area contributed by atoms with Crippen molar-refractivity contribution in [2.75, 3.05) is 26.2 Å². The Morgan fingerprint density at radius 2 is 2.25 bits per heavy atom. The van der Waals surface area contributed by atoms with Crippen LogP contribution in [0.1, 0.15) is 36.9 Å². The van der Waals surface area contributed by atoms with Crippen molar-refractivity contribution in [3.63, 3.8) is 0 Å². The minimum Gasteiger partial charge on any atom is -0.481 e. The molecule has 1 atom stereocenters. The average molecular weight is 432 g/mol. The van der Waals surface area contributed by atoms with Crippen molar-refractivity contribution >= 4 is 16.9 Å². The lowest BCUT2D eigenvalue weighted by Crippen LogP contribution is -2.34. The van der Waals surface area contributed by atoms with Gasteiger partial charge in [-0.1, -0.05) is 18.1 Å². The molecule has 0 unspecified atom stereocenters. The van der Waals surface area contributed by atoms with E-state index in [1.54, 1.807) is 6.20 Å². The van der Waals surface area contributed by atoms with Gasteiger partial charge in [-0.15, -0.1) is 6.42 Å². The molecule has 1 aliphatic heterocycles. The zero-order chi connectivity index (χ0) is 22.3. The molecule has 1 amide bonds. The average Bonchev–Trinajstić information content (AvgIpc) is 3.17. The first-order chi connectivity index (χ1) is 15.6. The molecule has 3 aromatic rings. The molecule has 1 aliphatic rings. The number of hydrogen-bond acceptors (Lipinski definition) is 5. The minimum atomic E-state index is -0.0358. The molecule has 7 nitrogen and oxygen atoms in total. The minimum absolute atomic E-state index is 0.0358. The smallest absolute Gasteiger partial charge is 0.216 e. The predicted octanol–water partition coefficient (Wildman–Crippen LogP) is 2.96. The maximum atomic E-state index is 11.2. The van der Waals surface area contributed by atoms with Crippen LogP contribution in [0.25, 0.3) is 11.0 Å². The maximum absolute atomic E-state index is 11.2. The van der Waals surface area contributed by atoms with Crippen molar-refractivity contribution in [2.45, 2.75) is 38.8 Å². The van der Waals surface area contributed by atoms with Gasteiger partial charge in [0.25, 0.3) is 0 Å². The Kier molecular flexibility index (Phi) is 7.03. The highest BCUT2D eigenvalue weighted by Gasteiger charge is 2.26. The van der Waals surface area contributed by atoms with E-state index in [1.165, 1.54) is 12.5 Å². The fraction of sp³-hybridized carbons (Fsp3) is 0.400. The van der Waals surface area contributed by atoms with Crippen molar-refractivity contribution in [3.05, 3.63) is 53.9 Å². The van der Waals surface area contributed by atoms with E-state index < -0.39 is 0 Å². The number of carbonyl (C=O) groups excluding carboxylic acids is 1. The number of benzene rings is 1. The molecule has 0 radical (unpaired) electrons. The second-order valence-corrected chi connectivity index (χ2v) is 8.18. The number of ether oxygens (including phenoxy) is 1. The van der Waals surface area contributed by atoms with Crippen molar-refractivity contribution in [2.24, 2.45) is 0 Å². The third-order valence-corrected chi connectivity index (χ3v) is 5.75. The molecule has 1 saturated heterocycles. The van der Waals surface area contributed by atoms with Crippen molar-refractivity contribution in [3.8, 4) is 18.1 Å². The number of terminal acetylenes is 1. The topological polar surface area (TPSA) is 72.3 Å². The number of carbonyl (C=O) groups is 1. The van der Waals surface area contributed by atoms with Crippen LogP contribution in [0.3, 0.4) is 0 Å². The van der Waals surface area contributed by atoms with Gasteiger partial charge in [-0.3, -0.25) is 9.69 Å². The highest BCUT2D eigenvalue weighted by molar-refractivity contribution is 5.79. The van der Waals surface area contributed by atoms with Crippen LogP contribution in [0.4, 0.5) is 0 Å². The van der Waals surface area contributed by atoms with Gasteiger partial charge < -0.3 is 10.1 Å². The second kappa shape index (κ2) is 10.3. The summed E-state index contributed by atoms with van der Waals surface area (Å²) < 4.78 is 7.50. The van der Waals surface area contributed by atoms with Gasteiger partial charge in [0.05, 0.1) is 12.2 Å². The maximum Gasteiger partial charge on any atom is 0.216 e. The quantitative estimate of drug-likeness (QED) is 0.555. The van der Waals surface area contributed by atoms with Crippen LogP contribution < -0.4 is 10.1 Å². The van der Waals surface area contributed by atoms with Gasteiger partial charge in [0.15, 0.2) is 5.65 Å². The van der Waals surface area contributed by atoms with E-state index >= 15 is 0 Å². The molecule has 4 rings (SSSR count). The van der Waals surface area contributed by atoms with Crippen LogP contribution in [0.15, 0.2) is 42.6 Å². The molecular formula is C25H29N5O2. The van der Waals surface area contributed by atoms with Gasteiger partial charge in [0, 0.05) is 44.1 Å². The number of fused-ring (bicyclic) bond motifs is 1. The lowest BCUT2D eigenvalue weighted by Gasteiger charge is -2.32. The zero-order valence-corrected chi connectivity index (χ0v) is 18.5. The van der Waals surface area contributed by atoms with Crippen LogP contribution in [-0.2, 0) is 17.9 Å².